The Hall–Kier alpha value is -2.00. The van der Waals surface area contributed by atoms with Gasteiger partial charge in [-0.3, -0.25) is 0 Å². The van der Waals surface area contributed by atoms with Crippen molar-refractivity contribution in [3.8, 4) is 23.0 Å². The molecule has 0 radical (unpaired) electrons. The van der Waals surface area contributed by atoms with Crippen LogP contribution in [0, 0.1) is 17.3 Å². The van der Waals surface area contributed by atoms with Gasteiger partial charge in [-0.2, -0.15) is 0 Å². The summed E-state index contributed by atoms with van der Waals surface area (Å²) >= 11 is 0. The topological polar surface area (TPSA) is 0 Å². The zero-order valence-electron chi connectivity index (χ0n) is 11.2. The molecule has 2 aromatic carbocycles. The normalized spacial score (nSPS) is 10.6. The van der Waals surface area contributed by atoms with Gasteiger partial charge in [0.1, 0.15) is 0 Å². The monoisotopic (exact) mass is 234 g/mol. The lowest BCUT2D eigenvalue weighted by molar-refractivity contribution is 0.571. The Morgan fingerprint density at radius 1 is 0.722 bits per heavy atom. The van der Waals surface area contributed by atoms with Crippen molar-refractivity contribution in [3.63, 3.8) is 0 Å². The van der Waals surface area contributed by atoms with Crippen LogP contribution in [0.25, 0.3) is 11.1 Å². The van der Waals surface area contributed by atoms with Crippen molar-refractivity contribution in [2.75, 3.05) is 0 Å². The molecule has 0 saturated carbocycles. The summed E-state index contributed by atoms with van der Waals surface area (Å²) in [6.07, 6.45) is 0. The van der Waals surface area contributed by atoms with Gasteiger partial charge in [-0.05, 0) is 44.0 Å². The number of hydrogen-bond acceptors (Lipinski definition) is 0. The summed E-state index contributed by atoms with van der Waals surface area (Å²) in [7, 11) is 0. The predicted octanol–water partition coefficient (Wildman–Crippen LogP) is 4.75. The molecule has 2 aromatic rings. The van der Waals surface area contributed by atoms with E-state index in [1.165, 1.54) is 11.1 Å². The summed E-state index contributed by atoms with van der Waals surface area (Å²) in [4.78, 5) is 0. The van der Waals surface area contributed by atoms with Crippen molar-refractivity contribution in [2.45, 2.75) is 20.8 Å². The lowest BCUT2D eigenvalue weighted by Gasteiger charge is -2.07. The number of rotatable bonds is 1. The third-order valence-corrected chi connectivity index (χ3v) is 2.57. The Kier molecular flexibility index (Phi) is 3.53. The van der Waals surface area contributed by atoms with Crippen molar-refractivity contribution >= 4 is 0 Å². The van der Waals surface area contributed by atoms with E-state index in [-0.39, 0.29) is 5.41 Å². The molecule has 90 valence electrons. The SMILES string of the molecule is CC(C)(C)C#Cc1ccc(-c2ccccc2)cc1. The third-order valence-electron chi connectivity index (χ3n) is 2.57. The van der Waals surface area contributed by atoms with Crippen LogP contribution < -0.4 is 0 Å². The van der Waals surface area contributed by atoms with Gasteiger partial charge in [0, 0.05) is 11.0 Å². The highest BCUT2D eigenvalue weighted by atomic mass is 14.1. The first-order valence-electron chi connectivity index (χ1n) is 6.23. The van der Waals surface area contributed by atoms with E-state index < -0.39 is 0 Å². The van der Waals surface area contributed by atoms with Crippen LogP contribution in [0.5, 0.6) is 0 Å². The Bertz CT molecular complexity index is 557. The van der Waals surface area contributed by atoms with Crippen LogP contribution in [0.4, 0.5) is 0 Å². The number of benzene rings is 2. The lowest BCUT2D eigenvalue weighted by Crippen LogP contribution is -1.99. The highest BCUT2D eigenvalue weighted by Gasteiger charge is 2.03. The van der Waals surface area contributed by atoms with Crippen LogP contribution in [0.15, 0.2) is 54.6 Å². The van der Waals surface area contributed by atoms with Crippen molar-refractivity contribution in [1.82, 2.24) is 0 Å². The summed E-state index contributed by atoms with van der Waals surface area (Å²) in [5.74, 6) is 6.46. The fraction of sp³-hybridized carbons (Fsp3) is 0.222. The van der Waals surface area contributed by atoms with Gasteiger partial charge >= 0.3 is 0 Å². The first kappa shape index (κ1) is 12.5. The minimum absolute atomic E-state index is 0.0537. The highest BCUT2D eigenvalue weighted by Crippen LogP contribution is 2.19. The molecule has 0 aliphatic carbocycles. The Labute approximate surface area is 110 Å². The van der Waals surface area contributed by atoms with Gasteiger partial charge in [-0.25, -0.2) is 0 Å². The van der Waals surface area contributed by atoms with Crippen LogP contribution in [0.3, 0.4) is 0 Å². The van der Waals surface area contributed by atoms with E-state index in [9.17, 15) is 0 Å². The van der Waals surface area contributed by atoms with Gasteiger partial charge in [0.05, 0.1) is 0 Å². The van der Waals surface area contributed by atoms with Crippen LogP contribution >= 0.6 is 0 Å². The van der Waals surface area contributed by atoms with Gasteiger partial charge in [-0.15, -0.1) is 0 Å². The van der Waals surface area contributed by atoms with Crippen LogP contribution in [-0.2, 0) is 0 Å². The van der Waals surface area contributed by atoms with E-state index in [1.807, 2.05) is 6.07 Å². The molecular formula is C18H18. The standard InChI is InChI=1S/C18H18/c1-18(2,3)14-13-15-9-11-17(12-10-15)16-7-5-4-6-8-16/h4-12H,1-3H3. The molecule has 0 saturated heterocycles. The van der Waals surface area contributed by atoms with Gasteiger partial charge in [0.2, 0.25) is 0 Å². The van der Waals surface area contributed by atoms with E-state index in [0.29, 0.717) is 0 Å². The molecule has 0 aliphatic heterocycles. The van der Waals surface area contributed by atoms with E-state index in [0.717, 1.165) is 5.56 Å². The average Bonchev–Trinajstić information content (AvgIpc) is 2.37. The highest BCUT2D eigenvalue weighted by molar-refractivity contribution is 5.64. The molecule has 0 unspecified atom stereocenters. The second-order valence-corrected chi connectivity index (χ2v) is 5.44. The maximum atomic E-state index is 3.25. The molecule has 0 amide bonds. The first-order valence-corrected chi connectivity index (χ1v) is 6.23. The van der Waals surface area contributed by atoms with Crippen molar-refractivity contribution < 1.29 is 0 Å². The van der Waals surface area contributed by atoms with Gasteiger partial charge in [0.15, 0.2) is 0 Å². The minimum Gasteiger partial charge on any atom is -0.0920 e. The Morgan fingerprint density at radius 3 is 1.83 bits per heavy atom. The summed E-state index contributed by atoms with van der Waals surface area (Å²) in [5, 5.41) is 0. The molecule has 0 aromatic heterocycles. The van der Waals surface area contributed by atoms with E-state index in [2.05, 4.69) is 81.1 Å². The fourth-order valence-electron chi connectivity index (χ4n) is 1.64. The van der Waals surface area contributed by atoms with Gasteiger partial charge in [-0.1, -0.05) is 54.3 Å². The zero-order chi connectivity index (χ0) is 13.0. The lowest BCUT2D eigenvalue weighted by atomic mass is 9.97. The quantitative estimate of drug-likeness (QED) is 0.624. The molecule has 0 atom stereocenters. The number of hydrogen-bond donors (Lipinski definition) is 0. The molecule has 0 bridgehead atoms. The maximum absolute atomic E-state index is 3.25. The second-order valence-electron chi connectivity index (χ2n) is 5.44. The Balaban J connectivity index is 2.23. The molecule has 0 aliphatic rings. The van der Waals surface area contributed by atoms with Crippen molar-refractivity contribution in [3.05, 3.63) is 60.2 Å². The average molecular weight is 234 g/mol. The van der Waals surface area contributed by atoms with Crippen molar-refractivity contribution in [1.29, 1.82) is 0 Å². The Morgan fingerprint density at radius 2 is 1.28 bits per heavy atom. The first-order chi connectivity index (χ1) is 8.54. The summed E-state index contributed by atoms with van der Waals surface area (Å²) in [5.41, 5.74) is 3.60. The molecule has 0 N–H and O–H groups in total. The molecule has 0 nitrogen and oxygen atoms in total. The van der Waals surface area contributed by atoms with Crippen LogP contribution in [-0.4, -0.2) is 0 Å². The van der Waals surface area contributed by atoms with Crippen molar-refractivity contribution in [2.24, 2.45) is 5.41 Å². The maximum Gasteiger partial charge on any atom is 0.0245 e. The fourth-order valence-corrected chi connectivity index (χ4v) is 1.64. The van der Waals surface area contributed by atoms with Crippen LogP contribution in [0.1, 0.15) is 26.3 Å². The van der Waals surface area contributed by atoms with E-state index in [1.54, 1.807) is 0 Å². The molecule has 18 heavy (non-hydrogen) atoms. The molecule has 2 rings (SSSR count). The molecule has 0 fully saturated rings. The van der Waals surface area contributed by atoms with Crippen LogP contribution in [0.2, 0.25) is 0 Å². The molecule has 0 spiro atoms. The third kappa shape index (κ3) is 3.50. The minimum atomic E-state index is 0.0537. The largest absolute Gasteiger partial charge is 0.0920 e. The smallest absolute Gasteiger partial charge is 0.0245 e. The molecular weight excluding hydrogens is 216 g/mol. The summed E-state index contributed by atoms with van der Waals surface area (Å²) in [6, 6.07) is 18.8. The van der Waals surface area contributed by atoms with Gasteiger partial charge < -0.3 is 0 Å². The van der Waals surface area contributed by atoms with E-state index in [4.69, 9.17) is 0 Å². The second kappa shape index (κ2) is 5.10. The molecule has 0 heterocycles. The summed E-state index contributed by atoms with van der Waals surface area (Å²) in [6.45, 7) is 6.37. The van der Waals surface area contributed by atoms with E-state index >= 15 is 0 Å². The zero-order valence-corrected chi connectivity index (χ0v) is 11.2. The van der Waals surface area contributed by atoms with Gasteiger partial charge in [0.25, 0.3) is 0 Å². The molecule has 0 heteroatoms. The predicted molar refractivity (Wildman–Crippen MR) is 78.2 cm³/mol. The summed E-state index contributed by atoms with van der Waals surface area (Å²) < 4.78 is 0.